The van der Waals surface area contributed by atoms with Crippen molar-refractivity contribution in [3.63, 3.8) is 0 Å². The molecule has 0 amide bonds. The lowest BCUT2D eigenvalue weighted by Gasteiger charge is -2.11. The van der Waals surface area contributed by atoms with Crippen LogP contribution in [-0.4, -0.2) is 9.55 Å². The van der Waals surface area contributed by atoms with Gasteiger partial charge in [-0.1, -0.05) is 44.2 Å². The van der Waals surface area contributed by atoms with E-state index in [0.717, 1.165) is 13.0 Å². The van der Waals surface area contributed by atoms with Crippen LogP contribution in [-0.2, 0) is 6.54 Å². The molecule has 0 saturated carbocycles. The van der Waals surface area contributed by atoms with Crippen LogP contribution in [0, 0.1) is 0 Å². The Labute approximate surface area is 103 Å². The molecule has 2 rings (SSSR count). The van der Waals surface area contributed by atoms with E-state index >= 15 is 0 Å². The highest BCUT2D eigenvalue weighted by molar-refractivity contribution is 5.18. The van der Waals surface area contributed by atoms with Gasteiger partial charge in [0.15, 0.2) is 0 Å². The highest BCUT2D eigenvalue weighted by Gasteiger charge is 2.04. The maximum absolute atomic E-state index is 6.08. The molecule has 3 nitrogen and oxygen atoms in total. The predicted molar refractivity (Wildman–Crippen MR) is 71.6 cm³/mol. The molecule has 0 fully saturated rings. The highest BCUT2D eigenvalue weighted by Crippen LogP contribution is 2.13. The molecule has 1 aromatic heterocycles. The standard InChI is InChI=1S/C12H15N3.C2H6/c13-12(11-4-2-1-3-5-11)6-8-15-9-7-14-10-15;1-2/h1-5,7,9-10,12H,6,8,13H2;1-2H3. The molecule has 3 heteroatoms. The van der Waals surface area contributed by atoms with Crippen molar-refractivity contribution < 1.29 is 0 Å². The van der Waals surface area contributed by atoms with Gasteiger partial charge >= 0.3 is 0 Å². The Kier molecular flexibility index (Phi) is 6.04. The third kappa shape index (κ3) is 4.41. The van der Waals surface area contributed by atoms with Gasteiger partial charge < -0.3 is 10.3 Å². The van der Waals surface area contributed by atoms with Crippen LogP contribution in [0.3, 0.4) is 0 Å². The predicted octanol–water partition coefficient (Wildman–Crippen LogP) is 3.00. The largest absolute Gasteiger partial charge is 0.337 e. The van der Waals surface area contributed by atoms with Crippen LogP contribution < -0.4 is 5.73 Å². The molecule has 1 atom stereocenters. The number of aryl methyl sites for hydroxylation is 1. The maximum Gasteiger partial charge on any atom is 0.0945 e. The summed E-state index contributed by atoms with van der Waals surface area (Å²) in [5.74, 6) is 0. The molecule has 1 heterocycles. The molecular formula is C14H21N3. The average Bonchev–Trinajstić information content (AvgIpc) is 2.92. The molecule has 17 heavy (non-hydrogen) atoms. The third-order valence-electron chi connectivity index (χ3n) is 2.49. The topological polar surface area (TPSA) is 43.8 Å². The average molecular weight is 231 g/mol. The lowest BCUT2D eigenvalue weighted by Crippen LogP contribution is -2.12. The molecule has 92 valence electrons. The van der Waals surface area contributed by atoms with Crippen molar-refractivity contribution in [3.05, 3.63) is 54.6 Å². The van der Waals surface area contributed by atoms with Crippen molar-refractivity contribution in [1.29, 1.82) is 0 Å². The van der Waals surface area contributed by atoms with Crippen molar-refractivity contribution in [2.45, 2.75) is 32.9 Å². The lowest BCUT2D eigenvalue weighted by molar-refractivity contribution is 0.560. The first-order valence-electron chi connectivity index (χ1n) is 6.12. The monoisotopic (exact) mass is 231 g/mol. The first-order valence-corrected chi connectivity index (χ1v) is 6.12. The van der Waals surface area contributed by atoms with Crippen LogP contribution in [0.1, 0.15) is 31.9 Å². The van der Waals surface area contributed by atoms with Gasteiger partial charge in [0.05, 0.1) is 6.33 Å². The molecule has 1 aromatic carbocycles. The number of hydrogen-bond donors (Lipinski definition) is 1. The summed E-state index contributed by atoms with van der Waals surface area (Å²) in [6.07, 6.45) is 6.49. The van der Waals surface area contributed by atoms with E-state index in [0.29, 0.717) is 0 Å². The molecule has 0 radical (unpaired) electrons. The number of imidazole rings is 1. The maximum atomic E-state index is 6.08. The van der Waals surface area contributed by atoms with Gasteiger partial charge in [-0.2, -0.15) is 0 Å². The van der Waals surface area contributed by atoms with Gasteiger partial charge in [0.1, 0.15) is 0 Å². The van der Waals surface area contributed by atoms with Gasteiger partial charge in [0, 0.05) is 25.0 Å². The Bertz CT molecular complexity index is 381. The number of hydrogen-bond acceptors (Lipinski definition) is 2. The molecule has 0 aliphatic heterocycles. The first kappa shape index (κ1) is 13.5. The number of rotatable bonds is 4. The van der Waals surface area contributed by atoms with Crippen molar-refractivity contribution in [2.24, 2.45) is 5.73 Å². The minimum Gasteiger partial charge on any atom is -0.337 e. The van der Waals surface area contributed by atoms with E-state index in [1.165, 1.54) is 5.56 Å². The van der Waals surface area contributed by atoms with Gasteiger partial charge in [-0.25, -0.2) is 4.98 Å². The summed E-state index contributed by atoms with van der Waals surface area (Å²) in [7, 11) is 0. The minimum atomic E-state index is 0.105. The summed E-state index contributed by atoms with van der Waals surface area (Å²) in [4.78, 5) is 4.00. The number of nitrogens with zero attached hydrogens (tertiary/aromatic N) is 2. The van der Waals surface area contributed by atoms with Crippen LogP contribution in [0.5, 0.6) is 0 Å². The van der Waals surface area contributed by atoms with E-state index < -0.39 is 0 Å². The summed E-state index contributed by atoms with van der Waals surface area (Å²) in [5.41, 5.74) is 7.27. The zero-order chi connectivity index (χ0) is 12.5. The van der Waals surface area contributed by atoms with Crippen LogP contribution >= 0.6 is 0 Å². The fourth-order valence-corrected chi connectivity index (χ4v) is 1.57. The summed E-state index contributed by atoms with van der Waals surface area (Å²) in [6, 6.07) is 10.3. The fourth-order valence-electron chi connectivity index (χ4n) is 1.57. The highest BCUT2D eigenvalue weighted by atomic mass is 15.0. The fraction of sp³-hybridized carbons (Fsp3) is 0.357. The first-order chi connectivity index (χ1) is 8.36. The smallest absolute Gasteiger partial charge is 0.0945 e. The molecule has 2 aromatic rings. The Balaban J connectivity index is 0.000000686. The Morgan fingerprint density at radius 3 is 2.53 bits per heavy atom. The third-order valence-corrected chi connectivity index (χ3v) is 2.49. The van der Waals surface area contributed by atoms with E-state index in [9.17, 15) is 0 Å². The second-order valence-electron chi connectivity index (χ2n) is 3.61. The van der Waals surface area contributed by atoms with E-state index in [1.54, 1.807) is 6.20 Å². The zero-order valence-corrected chi connectivity index (χ0v) is 10.6. The van der Waals surface area contributed by atoms with Gasteiger partial charge in [-0.05, 0) is 12.0 Å². The second kappa shape index (κ2) is 7.63. The van der Waals surface area contributed by atoms with Crippen molar-refractivity contribution in [2.75, 3.05) is 0 Å². The van der Waals surface area contributed by atoms with E-state index in [2.05, 4.69) is 17.1 Å². The number of benzene rings is 1. The van der Waals surface area contributed by atoms with Crippen LogP contribution in [0.25, 0.3) is 0 Å². The molecule has 0 spiro atoms. The SMILES string of the molecule is CC.NC(CCn1ccnc1)c1ccccc1. The molecular weight excluding hydrogens is 210 g/mol. The van der Waals surface area contributed by atoms with Gasteiger partial charge in [-0.3, -0.25) is 0 Å². The summed E-state index contributed by atoms with van der Waals surface area (Å²) >= 11 is 0. The van der Waals surface area contributed by atoms with Crippen LogP contribution in [0.15, 0.2) is 49.1 Å². The van der Waals surface area contributed by atoms with E-state index in [-0.39, 0.29) is 6.04 Å². The number of nitrogens with two attached hydrogens (primary N) is 1. The molecule has 0 saturated heterocycles. The normalized spacial score (nSPS) is 11.5. The summed E-state index contributed by atoms with van der Waals surface area (Å²) in [5, 5.41) is 0. The minimum absolute atomic E-state index is 0.105. The van der Waals surface area contributed by atoms with Gasteiger partial charge in [0.2, 0.25) is 0 Å². The Hall–Kier alpha value is -1.61. The molecule has 1 unspecified atom stereocenters. The molecule has 0 aliphatic carbocycles. The summed E-state index contributed by atoms with van der Waals surface area (Å²) in [6.45, 7) is 4.91. The van der Waals surface area contributed by atoms with Crippen molar-refractivity contribution >= 4 is 0 Å². The van der Waals surface area contributed by atoms with Crippen molar-refractivity contribution in [1.82, 2.24) is 9.55 Å². The number of aromatic nitrogens is 2. The quantitative estimate of drug-likeness (QED) is 0.879. The molecule has 2 N–H and O–H groups in total. The van der Waals surface area contributed by atoms with E-state index in [1.807, 2.05) is 49.1 Å². The molecule has 0 aliphatic rings. The van der Waals surface area contributed by atoms with E-state index in [4.69, 9.17) is 5.73 Å². The van der Waals surface area contributed by atoms with Gasteiger partial charge in [0.25, 0.3) is 0 Å². The second-order valence-corrected chi connectivity index (χ2v) is 3.61. The lowest BCUT2D eigenvalue weighted by atomic mass is 10.1. The van der Waals surface area contributed by atoms with Crippen LogP contribution in [0.2, 0.25) is 0 Å². The Morgan fingerprint density at radius 2 is 1.94 bits per heavy atom. The van der Waals surface area contributed by atoms with Crippen LogP contribution in [0.4, 0.5) is 0 Å². The Morgan fingerprint density at radius 1 is 1.24 bits per heavy atom. The molecule has 0 bridgehead atoms. The van der Waals surface area contributed by atoms with Crippen molar-refractivity contribution in [3.8, 4) is 0 Å². The summed E-state index contributed by atoms with van der Waals surface area (Å²) < 4.78 is 2.04. The zero-order valence-electron chi connectivity index (χ0n) is 10.6. The van der Waals surface area contributed by atoms with Gasteiger partial charge in [-0.15, -0.1) is 0 Å².